The summed E-state index contributed by atoms with van der Waals surface area (Å²) < 4.78 is 10.00. The van der Waals surface area contributed by atoms with Crippen molar-refractivity contribution in [3.05, 3.63) is 23.8 Å². The van der Waals surface area contributed by atoms with Gasteiger partial charge in [-0.05, 0) is 39.0 Å². The van der Waals surface area contributed by atoms with Crippen molar-refractivity contribution in [3.63, 3.8) is 0 Å². The van der Waals surface area contributed by atoms with E-state index in [-0.39, 0.29) is 25.1 Å². The topological polar surface area (TPSA) is 81.9 Å². The molecule has 1 rings (SSSR count). The summed E-state index contributed by atoms with van der Waals surface area (Å²) in [5.41, 5.74) is 6.51. The first-order valence-corrected chi connectivity index (χ1v) is 6.80. The zero-order chi connectivity index (χ0) is 16.0. The van der Waals surface area contributed by atoms with Gasteiger partial charge in [-0.3, -0.25) is 9.59 Å². The fourth-order valence-corrected chi connectivity index (χ4v) is 1.84. The van der Waals surface area contributed by atoms with Gasteiger partial charge in [0.1, 0.15) is 12.3 Å². The standard InChI is InChI=1S/C15H22N2O4/c1-5-21-14(18)9-17(10(2)3)15(19)12-8-11(20-4)6-7-13(12)16/h6-8,10H,5,9,16H2,1-4H3. The average Bonchev–Trinajstić information content (AvgIpc) is 2.44. The number of ether oxygens (including phenoxy) is 2. The molecular weight excluding hydrogens is 272 g/mol. The molecule has 1 aromatic carbocycles. The Morgan fingerprint density at radius 3 is 2.52 bits per heavy atom. The number of esters is 1. The minimum Gasteiger partial charge on any atom is -0.497 e. The Balaban J connectivity index is 3.03. The van der Waals surface area contributed by atoms with E-state index in [1.165, 1.54) is 12.0 Å². The third-order valence-electron chi connectivity index (χ3n) is 2.98. The molecular formula is C15H22N2O4. The number of amides is 1. The number of nitrogens with two attached hydrogens (primary N) is 1. The molecule has 116 valence electrons. The van der Waals surface area contributed by atoms with Gasteiger partial charge in [0.15, 0.2) is 0 Å². The van der Waals surface area contributed by atoms with Gasteiger partial charge in [-0.15, -0.1) is 0 Å². The van der Waals surface area contributed by atoms with Gasteiger partial charge in [0.05, 0.1) is 19.3 Å². The smallest absolute Gasteiger partial charge is 0.325 e. The largest absolute Gasteiger partial charge is 0.497 e. The second kappa shape index (κ2) is 7.52. The molecule has 0 unspecified atom stereocenters. The van der Waals surface area contributed by atoms with Crippen molar-refractivity contribution < 1.29 is 19.1 Å². The Kier molecular flexibility index (Phi) is 6.02. The summed E-state index contributed by atoms with van der Waals surface area (Å²) in [6, 6.07) is 4.69. The molecule has 1 amide bonds. The van der Waals surface area contributed by atoms with Crippen molar-refractivity contribution in [2.45, 2.75) is 26.8 Å². The monoisotopic (exact) mass is 294 g/mol. The molecule has 0 bridgehead atoms. The fourth-order valence-electron chi connectivity index (χ4n) is 1.84. The van der Waals surface area contributed by atoms with E-state index >= 15 is 0 Å². The van der Waals surface area contributed by atoms with Crippen molar-refractivity contribution in [1.29, 1.82) is 0 Å². The molecule has 2 N–H and O–H groups in total. The first-order valence-electron chi connectivity index (χ1n) is 6.80. The van der Waals surface area contributed by atoms with Crippen LogP contribution in [-0.2, 0) is 9.53 Å². The molecule has 0 radical (unpaired) electrons. The van der Waals surface area contributed by atoms with E-state index in [0.717, 1.165) is 0 Å². The SMILES string of the molecule is CCOC(=O)CN(C(=O)c1cc(OC)ccc1N)C(C)C. The average molecular weight is 294 g/mol. The first kappa shape index (κ1) is 16.8. The lowest BCUT2D eigenvalue weighted by atomic mass is 10.1. The number of hydrogen-bond donors (Lipinski definition) is 1. The zero-order valence-electron chi connectivity index (χ0n) is 12.9. The van der Waals surface area contributed by atoms with Crippen molar-refractivity contribution in [1.82, 2.24) is 4.90 Å². The van der Waals surface area contributed by atoms with Crippen LogP contribution in [0.1, 0.15) is 31.1 Å². The molecule has 6 heteroatoms. The Bertz CT molecular complexity index is 514. The Morgan fingerprint density at radius 1 is 1.33 bits per heavy atom. The zero-order valence-corrected chi connectivity index (χ0v) is 12.9. The summed E-state index contributed by atoms with van der Waals surface area (Å²) in [7, 11) is 1.51. The maximum atomic E-state index is 12.6. The third-order valence-corrected chi connectivity index (χ3v) is 2.98. The van der Waals surface area contributed by atoms with Gasteiger partial charge in [0.25, 0.3) is 5.91 Å². The van der Waals surface area contributed by atoms with Gasteiger partial charge in [-0.1, -0.05) is 0 Å². The number of hydrogen-bond acceptors (Lipinski definition) is 5. The summed E-state index contributed by atoms with van der Waals surface area (Å²) in [6.07, 6.45) is 0. The maximum absolute atomic E-state index is 12.6. The molecule has 0 atom stereocenters. The summed E-state index contributed by atoms with van der Waals surface area (Å²) >= 11 is 0. The van der Waals surface area contributed by atoms with Crippen LogP contribution >= 0.6 is 0 Å². The highest BCUT2D eigenvalue weighted by Crippen LogP contribution is 2.22. The molecule has 0 heterocycles. The van der Waals surface area contributed by atoms with Crippen LogP contribution in [0.5, 0.6) is 5.75 Å². The Labute approximate surface area is 124 Å². The molecule has 6 nitrogen and oxygen atoms in total. The number of nitrogen functional groups attached to an aromatic ring is 1. The molecule has 0 spiro atoms. The van der Waals surface area contributed by atoms with E-state index in [9.17, 15) is 9.59 Å². The maximum Gasteiger partial charge on any atom is 0.325 e. The molecule has 0 aliphatic carbocycles. The van der Waals surface area contributed by atoms with E-state index in [1.54, 1.807) is 25.1 Å². The van der Waals surface area contributed by atoms with Crippen molar-refractivity contribution in [2.75, 3.05) is 26.0 Å². The van der Waals surface area contributed by atoms with Crippen LogP contribution in [0.3, 0.4) is 0 Å². The molecule has 0 fully saturated rings. The lowest BCUT2D eigenvalue weighted by molar-refractivity contribution is -0.144. The number of benzene rings is 1. The molecule has 0 aliphatic rings. The van der Waals surface area contributed by atoms with Crippen LogP contribution in [0.25, 0.3) is 0 Å². The predicted octanol–water partition coefficient (Wildman–Crippen LogP) is 1.69. The van der Waals surface area contributed by atoms with Crippen molar-refractivity contribution in [3.8, 4) is 5.75 Å². The first-order chi connectivity index (χ1) is 9.90. The number of rotatable bonds is 6. The van der Waals surface area contributed by atoms with Gasteiger partial charge in [0.2, 0.25) is 0 Å². The molecule has 0 aliphatic heterocycles. The van der Waals surface area contributed by atoms with E-state index in [0.29, 0.717) is 17.0 Å². The number of carbonyl (C=O) groups excluding carboxylic acids is 2. The number of methoxy groups -OCH3 is 1. The van der Waals surface area contributed by atoms with Crippen LogP contribution in [0.4, 0.5) is 5.69 Å². The fraction of sp³-hybridized carbons (Fsp3) is 0.467. The Morgan fingerprint density at radius 2 is 2.00 bits per heavy atom. The predicted molar refractivity (Wildman–Crippen MR) is 80.2 cm³/mol. The van der Waals surface area contributed by atoms with Crippen molar-refractivity contribution in [2.24, 2.45) is 0 Å². The Hall–Kier alpha value is -2.24. The van der Waals surface area contributed by atoms with Gasteiger partial charge >= 0.3 is 5.97 Å². The minimum atomic E-state index is -0.444. The summed E-state index contributed by atoms with van der Waals surface area (Å²) in [6.45, 7) is 5.54. The molecule has 0 aromatic heterocycles. The number of nitrogens with zero attached hydrogens (tertiary/aromatic N) is 1. The third kappa shape index (κ3) is 4.37. The summed E-state index contributed by atoms with van der Waals surface area (Å²) in [5.74, 6) is -0.233. The van der Waals surface area contributed by atoms with Crippen LogP contribution in [0.15, 0.2) is 18.2 Å². The highest BCUT2D eigenvalue weighted by molar-refractivity contribution is 6.01. The molecule has 21 heavy (non-hydrogen) atoms. The lowest BCUT2D eigenvalue weighted by Crippen LogP contribution is -2.41. The highest BCUT2D eigenvalue weighted by Gasteiger charge is 2.24. The van der Waals surface area contributed by atoms with Crippen LogP contribution < -0.4 is 10.5 Å². The van der Waals surface area contributed by atoms with Crippen molar-refractivity contribution >= 4 is 17.6 Å². The van der Waals surface area contributed by atoms with Crippen LogP contribution in [0, 0.1) is 0 Å². The van der Waals surface area contributed by atoms with Crippen LogP contribution in [0.2, 0.25) is 0 Å². The highest BCUT2D eigenvalue weighted by atomic mass is 16.5. The van der Waals surface area contributed by atoms with E-state index in [2.05, 4.69) is 0 Å². The second-order valence-electron chi connectivity index (χ2n) is 4.79. The lowest BCUT2D eigenvalue weighted by Gasteiger charge is -2.26. The van der Waals surface area contributed by atoms with Gasteiger partial charge in [-0.2, -0.15) is 0 Å². The van der Waals surface area contributed by atoms with E-state index < -0.39 is 5.97 Å². The van der Waals surface area contributed by atoms with Gasteiger partial charge in [-0.25, -0.2) is 0 Å². The van der Waals surface area contributed by atoms with Gasteiger partial charge in [0, 0.05) is 11.7 Å². The van der Waals surface area contributed by atoms with Gasteiger partial charge < -0.3 is 20.1 Å². The molecule has 1 aromatic rings. The minimum absolute atomic E-state index is 0.110. The second-order valence-corrected chi connectivity index (χ2v) is 4.79. The number of anilines is 1. The van der Waals surface area contributed by atoms with Crippen LogP contribution in [-0.4, -0.2) is 43.1 Å². The van der Waals surface area contributed by atoms with E-state index in [4.69, 9.17) is 15.2 Å². The number of carbonyl (C=O) groups is 2. The van der Waals surface area contributed by atoms with E-state index in [1.807, 2.05) is 13.8 Å². The normalized spacial score (nSPS) is 10.3. The summed E-state index contributed by atoms with van der Waals surface area (Å²) in [5, 5.41) is 0. The molecule has 0 saturated carbocycles. The molecule has 0 saturated heterocycles. The quantitative estimate of drug-likeness (QED) is 0.638. The summed E-state index contributed by atoms with van der Waals surface area (Å²) in [4.78, 5) is 25.6.